The van der Waals surface area contributed by atoms with Crippen LogP contribution in [-0.2, 0) is 9.59 Å². The van der Waals surface area contributed by atoms with Crippen LogP contribution in [0.3, 0.4) is 0 Å². The van der Waals surface area contributed by atoms with Gasteiger partial charge in [0.1, 0.15) is 0 Å². The minimum Gasteiger partial charge on any atom is -0.352 e. The predicted octanol–water partition coefficient (Wildman–Crippen LogP) is 2.80. The molecule has 29 heavy (non-hydrogen) atoms. The standard InChI is InChI=1S/C21H27ClN4O3/c22-16-3-1-15(2-4-16)17(24-20(23)29)8-18(27)25-26-19(28)21-9-12-5-13(10-21)7-14(6-12)11-21/h1-4,12-14,17H,5-11H2,(H,25,27)(H,26,28)(H3,23,24,29). The van der Waals surface area contributed by atoms with E-state index < -0.39 is 18.0 Å². The monoisotopic (exact) mass is 418 g/mol. The molecule has 8 heteroatoms. The first-order chi connectivity index (χ1) is 13.8. The van der Waals surface area contributed by atoms with Crippen LogP contribution in [-0.4, -0.2) is 17.8 Å². The lowest BCUT2D eigenvalue weighted by Crippen LogP contribution is -2.56. The molecule has 4 aliphatic carbocycles. The van der Waals surface area contributed by atoms with Gasteiger partial charge in [0.2, 0.25) is 11.8 Å². The van der Waals surface area contributed by atoms with Crippen LogP contribution < -0.4 is 21.9 Å². The molecule has 4 amide bonds. The molecule has 1 aromatic carbocycles. The quantitative estimate of drug-likeness (QED) is 0.551. The molecule has 1 unspecified atom stereocenters. The highest BCUT2D eigenvalue weighted by molar-refractivity contribution is 6.30. The fourth-order valence-electron chi connectivity index (χ4n) is 6.00. The summed E-state index contributed by atoms with van der Waals surface area (Å²) in [6.45, 7) is 0. The lowest BCUT2D eigenvalue weighted by atomic mass is 9.49. The van der Waals surface area contributed by atoms with Crippen LogP contribution >= 0.6 is 11.6 Å². The van der Waals surface area contributed by atoms with Crippen LogP contribution in [0.5, 0.6) is 0 Å². The highest BCUT2D eigenvalue weighted by Crippen LogP contribution is 2.60. The molecule has 0 spiro atoms. The van der Waals surface area contributed by atoms with Gasteiger partial charge in [-0.05, 0) is 74.0 Å². The first-order valence-electron chi connectivity index (χ1n) is 10.2. The molecule has 4 aliphatic rings. The first kappa shape index (κ1) is 20.0. The second-order valence-corrected chi connectivity index (χ2v) is 9.45. The molecule has 5 N–H and O–H groups in total. The zero-order valence-electron chi connectivity index (χ0n) is 16.2. The number of nitrogens with one attached hydrogen (secondary N) is 3. The maximum absolute atomic E-state index is 12.9. The second-order valence-electron chi connectivity index (χ2n) is 9.02. The summed E-state index contributed by atoms with van der Waals surface area (Å²) in [5.74, 6) is 1.48. The number of urea groups is 1. The van der Waals surface area contributed by atoms with E-state index in [2.05, 4.69) is 16.2 Å². The van der Waals surface area contributed by atoms with Crippen molar-refractivity contribution in [1.29, 1.82) is 0 Å². The van der Waals surface area contributed by atoms with Gasteiger partial charge in [0.05, 0.1) is 17.9 Å². The summed E-state index contributed by atoms with van der Waals surface area (Å²) in [5.41, 5.74) is 10.8. The normalized spacial score (nSPS) is 30.4. The third kappa shape index (κ3) is 4.34. The van der Waals surface area contributed by atoms with Crippen molar-refractivity contribution in [1.82, 2.24) is 16.2 Å². The molecule has 4 saturated carbocycles. The fourth-order valence-corrected chi connectivity index (χ4v) is 6.13. The summed E-state index contributed by atoms with van der Waals surface area (Å²) >= 11 is 5.90. The zero-order valence-corrected chi connectivity index (χ0v) is 17.0. The van der Waals surface area contributed by atoms with Gasteiger partial charge in [-0.25, -0.2) is 4.79 Å². The van der Waals surface area contributed by atoms with Gasteiger partial charge in [0.15, 0.2) is 0 Å². The van der Waals surface area contributed by atoms with E-state index in [1.807, 2.05) is 0 Å². The van der Waals surface area contributed by atoms with Crippen LogP contribution in [0.1, 0.15) is 56.6 Å². The molecule has 7 nitrogen and oxygen atoms in total. The number of hydrazine groups is 1. The van der Waals surface area contributed by atoms with Crippen molar-refractivity contribution < 1.29 is 14.4 Å². The summed E-state index contributed by atoms with van der Waals surface area (Å²) in [6, 6.07) is 5.48. The highest BCUT2D eigenvalue weighted by Gasteiger charge is 2.54. The first-order valence-corrected chi connectivity index (χ1v) is 10.6. The molecular formula is C21H27ClN4O3. The maximum atomic E-state index is 12.9. The average molecular weight is 419 g/mol. The van der Waals surface area contributed by atoms with Crippen molar-refractivity contribution in [2.75, 3.05) is 0 Å². The Morgan fingerprint density at radius 2 is 1.55 bits per heavy atom. The van der Waals surface area contributed by atoms with Crippen LogP contribution in [0.15, 0.2) is 24.3 Å². The summed E-state index contributed by atoms with van der Waals surface area (Å²) in [7, 11) is 0. The lowest BCUT2D eigenvalue weighted by molar-refractivity contribution is -0.149. The Balaban J connectivity index is 1.35. The number of hydrogen-bond acceptors (Lipinski definition) is 3. The molecule has 156 valence electrons. The topological polar surface area (TPSA) is 113 Å². The van der Waals surface area contributed by atoms with Crippen molar-refractivity contribution in [2.45, 2.75) is 51.0 Å². The molecule has 0 radical (unpaired) electrons. The van der Waals surface area contributed by atoms with E-state index in [1.165, 1.54) is 19.3 Å². The van der Waals surface area contributed by atoms with Gasteiger partial charge in [0.25, 0.3) is 0 Å². The molecule has 0 saturated heterocycles. The minimum atomic E-state index is -0.727. The summed E-state index contributed by atoms with van der Waals surface area (Å²) in [6.07, 6.45) is 6.49. The molecule has 0 aromatic heterocycles. The minimum absolute atomic E-state index is 0.0499. The van der Waals surface area contributed by atoms with Crippen molar-refractivity contribution in [3.05, 3.63) is 34.9 Å². The van der Waals surface area contributed by atoms with E-state index in [0.717, 1.165) is 19.3 Å². The van der Waals surface area contributed by atoms with Crippen molar-refractivity contribution in [3.63, 3.8) is 0 Å². The van der Waals surface area contributed by atoms with Gasteiger partial charge in [-0.2, -0.15) is 0 Å². The third-order valence-corrected chi connectivity index (χ3v) is 7.07. The molecule has 4 bridgehead atoms. The van der Waals surface area contributed by atoms with Crippen LogP contribution in [0.25, 0.3) is 0 Å². The van der Waals surface area contributed by atoms with Gasteiger partial charge in [-0.15, -0.1) is 0 Å². The SMILES string of the molecule is NC(=O)NC(CC(=O)NNC(=O)C12CC3CC(CC(C3)C1)C2)c1ccc(Cl)cc1. The van der Waals surface area contributed by atoms with Crippen molar-refractivity contribution in [3.8, 4) is 0 Å². The summed E-state index contributed by atoms with van der Waals surface area (Å²) in [5, 5.41) is 3.12. The smallest absolute Gasteiger partial charge is 0.312 e. The summed E-state index contributed by atoms with van der Waals surface area (Å²) < 4.78 is 0. The van der Waals surface area contributed by atoms with Crippen molar-refractivity contribution >= 4 is 29.4 Å². The van der Waals surface area contributed by atoms with E-state index in [-0.39, 0.29) is 17.7 Å². The van der Waals surface area contributed by atoms with Gasteiger partial charge in [-0.3, -0.25) is 20.4 Å². The Kier molecular flexibility index (Phi) is 5.42. The van der Waals surface area contributed by atoms with Crippen molar-refractivity contribution in [2.24, 2.45) is 28.9 Å². The molecular weight excluding hydrogens is 392 g/mol. The Bertz CT molecular complexity index is 775. The third-order valence-electron chi connectivity index (χ3n) is 6.81. The predicted molar refractivity (Wildman–Crippen MR) is 108 cm³/mol. The van der Waals surface area contributed by atoms with Gasteiger partial charge < -0.3 is 11.1 Å². The van der Waals surface area contributed by atoms with E-state index in [9.17, 15) is 14.4 Å². The lowest BCUT2D eigenvalue weighted by Gasteiger charge is -2.55. The van der Waals surface area contributed by atoms with Crippen LogP contribution in [0.4, 0.5) is 4.79 Å². The van der Waals surface area contributed by atoms with Gasteiger partial charge >= 0.3 is 6.03 Å². The van der Waals surface area contributed by atoms with Gasteiger partial charge in [0, 0.05) is 5.02 Å². The highest BCUT2D eigenvalue weighted by atomic mass is 35.5. The number of primary amides is 1. The molecule has 1 aromatic rings. The fraction of sp³-hybridized carbons (Fsp3) is 0.571. The Morgan fingerprint density at radius 1 is 1.00 bits per heavy atom. The number of carbonyl (C=O) groups is 3. The number of benzene rings is 1. The van der Waals surface area contributed by atoms with E-state index in [1.54, 1.807) is 24.3 Å². The van der Waals surface area contributed by atoms with Crippen LogP contribution in [0.2, 0.25) is 5.02 Å². The number of carbonyl (C=O) groups excluding carboxylic acids is 3. The number of rotatable bonds is 5. The van der Waals surface area contributed by atoms with E-state index >= 15 is 0 Å². The second kappa shape index (κ2) is 7.86. The molecule has 0 heterocycles. The van der Waals surface area contributed by atoms with Crippen LogP contribution in [0, 0.1) is 23.2 Å². The maximum Gasteiger partial charge on any atom is 0.312 e. The Morgan fingerprint density at radius 3 is 2.07 bits per heavy atom. The Labute approximate surface area is 175 Å². The van der Waals surface area contributed by atoms with Gasteiger partial charge in [-0.1, -0.05) is 23.7 Å². The Hall–Kier alpha value is -2.28. The number of hydrogen-bond donors (Lipinski definition) is 4. The summed E-state index contributed by atoms with van der Waals surface area (Å²) in [4.78, 5) is 36.7. The molecule has 4 fully saturated rings. The number of nitrogens with two attached hydrogens (primary N) is 1. The molecule has 1 atom stereocenters. The van der Waals surface area contributed by atoms with E-state index in [4.69, 9.17) is 17.3 Å². The number of halogens is 1. The number of amides is 4. The molecule has 0 aliphatic heterocycles. The average Bonchev–Trinajstić information content (AvgIpc) is 2.64. The zero-order chi connectivity index (χ0) is 20.6. The molecule has 5 rings (SSSR count). The van der Waals surface area contributed by atoms with E-state index in [0.29, 0.717) is 28.3 Å². The largest absolute Gasteiger partial charge is 0.352 e.